The minimum Gasteiger partial charge on any atom is -0.508 e. The molecule has 0 bridgehead atoms. The zero-order valence-electron chi connectivity index (χ0n) is 15.8. The number of aliphatic hydroxyl groups excluding tert-OH is 1. The molecule has 1 aromatic rings. The van der Waals surface area contributed by atoms with Crippen molar-refractivity contribution >= 4 is 11.7 Å². The number of phenolic OH excluding ortho intramolecular Hbond substituents is 1. The molecule has 1 aliphatic carbocycles. The molecule has 4 aliphatic rings. The van der Waals surface area contributed by atoms with Crippen molar-refractivity contribution in [3.05, 3.63) is 35.0 Å². The average Bonchev–Trinajstić information content (AvgIpc) is 3.20. The van der Waals surface area contributed by atoms with Gasteiger partial charge in [-0.25, -0.2) is 4.79 Å². The molecule has 4 atom stereocenters. The number of ether oxygens (including phenoxy) is 1. The van der Waals surface area contributed by atoms with Gasteiger partial charge in [-0.1, -0.05) is 6.07 Å². The minimum atomic E-state index is -0.525. The number of benzene rings is 1. The summed E-state index contributed by atoms with van der Waals surface area (Å²) in [6, 6.07) is 5.58. The summed E-state index contributed by atoms with van der Waals surface area (Å²) in [6.07, 6.45) is 2.81. The minimum absolute atomic E-state index is 0.139. The van der Waals surface area contributed by atoms with Crippen LogP contribution in [0.15, 0.2) is 29.5 Å². The molecular weight excluding hydrogens is 344 g/mol. The Morgan fingerprint density at radius 1 is 1.37 bits per heavy atom. The number of rotatable bonds is 2. The molecule has 3 heterocycles. The van der Waals surface area contributed by atoms with Gasteiger partial charge in [0.15, 0.2) is 0 Å². The van der Waals surface area contributed by atoms with Crippen LogP contribution in [0.4, 0.5) is 5.69 Å². The molecule has 0 radical (unpaired) electrons. The third-order valence-corrected chi connectivity index (χ3v) is 7.52. The molecular formula is C21H26N2O4. The van der Waals surface area contributed by atoms with Gasteiger partial charge in [0.05, 0.1) is 24.2 Å². The zero-order chi connectivity index (χ0) is 19.0. The highest BCUT2D eigenvalue weighted by Gasteiger charge is 2.67. The number of nitrogens with one attached hydrogen (secondary N) is 1. The fourth-order valence-electron chi connectivity index (χ4n) is 6.52. The first-order chi connectivity index (χ1) is 12.9. The summed E-state index contributed by atoms with van der Waals surface area (Å²) in [5.41, 5.74) is 2.82. The summed E-state index contributed by atoms with van der Waals surface area (Å²) in [6.45, 7) is 3.84. The van der Waals surface area contributed by atoms with Gasteiger partial charge in [0, 0.05) is 28.9 Å². The molecule has 6 heteroatoms. The van der Waals surface area contributed by atoms with Gasteiger partial charge in [-0.2, -0.15) is 0 Å². The van der Waals surface area contributed by atoms with Crippen LogP contribution >= 0.6 is 0 Å². The molecule has 6 nitrogen and oxygen atoms in total. The molecule has 144 valence electrons. The number of carbonyl (C=O) groups is 1. The number of piperidine rings is 1. The van der Waals surface area contributed by atoms with E-state index in [1.54, 1.807) is 12.1 Å². The second kappa shape index (κ2) is 5.49. The Bertz CT molecular complexity index is 864. The van der Waals surface area contributed by atoms with E-state index in [1.165, 1.54) is 7.11 Å². The largest absolute Gasteiger partial charge is 0.508 e. The standard InChI is InChI=1S/C21H26N2O4/c1-12(24)20-6-3-8-23-9-7-21(19(20)23)15-5-4-13(25)10-16(15)22-17(21)14(11-20)18(26)27-2/h4-5,10,12,19,22,24-25H,3,6-9,11H2,1-2H3/t12-,19-,20-,21-/m0/s1. The van der Waals surface area contributed by atoms with Crippen LogP contribution in [0, 0.1) is 5.41 Å². The highest BCUT2D eigenvalue weighted by Crippen LogP contribution is 2.65. The molecule has 5 rings (SSSR count). The number of aromatic hydroxyl groups is 1. The Balaban J connectivity index is 1.82. The molecule has 0 unspecified atom stereocenters. The summed E-state index contributed by atoms with van der Waals surface area (Å²) < 4.78 is 5.15. The van der Waals surface area contributed by atoms with E-state index in [-0.39, 0.29) is 28.6 Å². The first kappa shape index (κ1) is 17.1. The number of anilines is 1. The molecule has 3 aliphatic heterocycles. The van der Waals surface area contributed by atoms with Gasteiger partial charge in [0.2, 0.25) is 0 Å². The van der Waals surface area contributed by atoms with Gasteiger partial charge in [-0.05, 0) is 57.3 Å². The maximum Gasteiger partial charge on any atom is 0.335 e. The number of carbonyl (C=O) groups excluding carboxylic acids is 1. The van der Waals surface area contributed by atoms with E-state index in [9.17, 15) is 15.0 Å². The van der Waals surface area contributed by atoms with Crippen molar-refractivity contribution < 1.29 is 19.7 Å². The molecule has 2 saturated heterocycles. The summed E-state index contributed by atoms with van der Waals surface area (Å²) in [7, 11) is 1.42. The van der Waals surface area contributed by atoms with E-state index in [0.717, 1.165) is 49.3 Å². The highest BCUT2D eigenvalue weighted by molar-refractivity contribution is 5.93. The second-order valence-corrected chi connectivity index (χ2v) is 8.55. The summed E-state index contributed by atoms with van der Waals surface area (Å²) in [4.78, 5) is 15.3. The van der Waals surface area contributed by atoms with Crippen LogP contribution in [-0.4, -0.2) is 53.4 Å². The fraction of sp³-hybridized carbons (Fsp3) is 0.571. The molecule has 1 spiro atoms. The number of methoxy groups -OCH3 is 1. The van der Waals surface area contributed by atoms with Gasteiger partial charge < -0.3 is 20.3 Å². The van der Waals surface area contributed by atoms with Crippen molar-refractivity contribution in [3.63, 3.8) is 0 Å². The maximum atomic E-state index is 12.8. The van der Waals surface area contributed by atoms with Crippen molar-refractivity contribution in [1.29, 1.82) is 0 Å². The first-order valence-electron chi connectivity index (χ1n) is 9.78. The van der Waals surface area contributed by atoms with E-state index in [2.05, 4.69) is 10.2 Å². The van der Waals surface area contributed by atoms with Crippen LogP contribution in [-0.2, 0) is 14.9 Å². The SMILES string of the molecule is COC(=O)C1=C2Nc3cc(O)ccc3[C@@]23CCN2CCC[C@@]([C@H](C)O)(C1)[C@H]23. The Labute approximate surface area is 158 Å². The van der Waals surface area contributed by atoms with Crippen molar-refractivity contribution in [1.82, 2.24) is 4.90 Å². The summed E-state index contributed by atoms with van der Waals surface area (Å²) >= 11 is 0. The number of aliphatic hydroxyl groups is 1. The predicted molar refractivity (Wildman–Crippen MR) is 100 cm³/mol. The van der Waals surface area contributed by atoms with Gasteiger partial charge in [0.25, 0.3) is 0 Å². The molecule has 1 aromatic carbocycles. The third kappa shape index (κ3) is 1.95. The van der Waals surface area contributed by atoms with E-state index in [4.69, 9.17) is 4.74 Å². The lowest BCUT2D eigenvalue weighted by Crippen LogP contribution is -2.63. The van der Waals surface area contributed by atoms with Crippen molar-refractivity contribution in [2.24, 2.45) is 5.41 Å². The van der Waals surface area contributed by atoms with Crippen molar-refractivity contribution in [3.8, 4) is 5.75 Å². The predicted octanol–water partition coefficient (Wildman–Crippen LogP) is 2.12. The maximum absolute atomic E-state index is 12.8. The third-order valence-electron chi connectivity index (χ3n) is 7.52. The first-order valence-corrected chi connectivity index (χ1v) is 9.78. The Morgan fingerprint density at radius 3 is 2.93 bits per heavy atom. The number of esters is 1. The van der Waals surface area contributed by atoms with Crippen molar-refractivity contribution in [2.75, 3.05) is 25.5 Å². The fourth-order valence-corrected chi connectivity index (χ4v) is 6.52. The lowest BCUT2D eigenvalue weighted by molar-refractivity contribution is -0.138. The monoisotopic (exact) mass is 370 g/mol. The summed E-state index contributed by atoms with van der Waals surface area (Å²) in [5.74, 6) is -0.117. The number of nitrogens with zero attached hydrogens (tertiary/aromatic N) is 1. The molecule has 27 heavy (non-hydrogen) atoms. The second-order valence-electron chi connectivity index (χ2n) is 8.55. The molecule has 3 N–H and O–H groups in total. The van der Waals surface area contributed by atoms with Crippen LogP contribution < -0.4 is 5.32 Å². The molecule has 0 amide bonds. The molecule has 0 saturated carbocycles. The highest BCUT2D eigenvalue weighted by atomic mass is 16.5. The normalized spacial score (nSPS) is 35.1. The van der Waals surface area contributed by atoms with Crippen LogP contribution in [0.25, 0.3) is 0 Å². The quantitative estimate of drug-likeness (QED) is 0.692. The molecule has 0 aromatic heterocycles. The van der Waals surface area contributed by atoms with Crippen LogP contribution in [0.3, 0.4) is 0 Å². The zero-order valence-corrected chi connectivity index (χ0v) is 15.8. The van der Waals surface area contributed by atoms with Gasteiger partial charge in [-0.3, -0.25) is 4.90 Å². The van der Waals surface area contributed by atoms with E-state index >= 15 is 0 Å². The van der Waals surface area contributed by atoms with Gasteiger partial charge in [-0.15, -0.1) is 0 Å². The van der Waals surface area contributed by atoms with E-state index in [0.29, 0.717) is 12.0 Å². The Morgan fingerprint density at radius 2 is 2.19 bits per heavy atom. The number of phenols is 1. The number of fused-ring (bicyclic) bond motifs is 1. The number of hydrogen-bond acceptors (Lipinski definition) is 6. The number of hydrogen-bond donors (Lipinski definition) is 3. The Kier molecular flexibility index (Phi) is 3.47. The van der Waals surface area contributed by atoms with Crippen LogP contribution in [0.1, 0.15) is 38.2 Å². The lowest BCUT2D eigenvalue weighted by atomic mass is 9.53. The average molecular weight is 370 g/mol. The van der Waals surface area contributed by atoms with E-state index < -0.39 is 6.10 Å². The van der Waals surface area contributed by atoms with Crippen LogP contribution in [0.5, 0.6) is 5.75 Å². The lowest BCUT2D eigenvalue weighted by Gasteiger charge is -2.57. The Hall–Kier alpha value is -2.05. The van der Waals surface area contributed by atoms with E-state index in [1.807, 2.05) is 13.0 Å². The summed E-state index contributed by atoms with van der Waals surface area (Å²) in [5, 5.41) is 24.4. The smallest absolute Gasteiger partial charge is 0.335 e. The topological polar surface area (TPSA) is 82.0 Å². The molecule has 2 fully saturated rings. The van der Waals surface area contributed by atoms with Gasteiger partial charge >= 0.3 is 5.97 Å². The van der Waals surface area contributed by atoms with Crippen LogP contribution in [0.2, 0.25) is 0 Å². The van der Waals surface area contributed by atoms with Crippen molar-refractivity contribution in [2.45, 2.75) is 50.2 Å². The van der Waals surface area contributed by atoms with Gasteiger partial charge in [0.1, 0.15) is 5.75 Å².